The highest BCUT2D eigenvalue weighted by Gasteiger charge is 2.27. The highest BCUT2D eigenvalue weighted by Crippen LogP contribution is 2.39. The Bertz CT molecular complexity index is 1530. The third kappa shape index (κ3) is 5.06. The van der Waals surface area contributed by atoms with Gasteiger partial charge >= 0.3 is 0 Å². The SMILES string of the molecule is CN(C)CC(=O)N1CCc2cc(N(C)C)c(Nc3nc(Nc4cccc(F)c4C(N)=O)c4ccnc-4[nH]3)cc21. The van der Waals surface area contributed by atoms with Crippen molar-refractivity contribution in [2.45, 2.75) is 6.42 Å². The average molecular weight is 532 g/mol. The molecule has 3 aliphatic rings. The molecule has 0 unspecified atom stereocenters. The summed E-state index contributed by atoms with van der Waals surface area (Å²) in [5, 5.41) is 6.39. The topological polar surface area (TPSA) is 136 Å². The average Bonchev–Trinajstić information content (AvgIpc) is 3.50. The summed E-state index contributed by atoms with van der Waals surface area (Å²) in [4.78, 5) is 42.7. The maximum absolute atomic E-state index is 14.4. The minimum absolute atomic E-state index is 0.0289. The first-order chi connectivity index (χ1) is 18.6. The fourth-order valence-electron chi connectivity index (χ4n) is 4.74. The molecule has 2 aromatic rings. The summed E-state index contributed by atoms with van der Waals surface area (Å²) in [5.74, 6) is -0.355. The van der Waals surface area contributed by atoms with E-state index in [1.54, 1.807) is 23.2 Å². The van der Waals surface area contributed by atoms with E-state index in [0.717, 1.165) is 29.0 Å². The predicted octanol–water partition coefficient (Wildman–Crippen LogP) is 3.15. The van der Waals surface area contributed by atoms with Crippen LogP contribution in [0.4, 0.5) is 38.9 Å². The molecule has 0 atom stereocenters. The lowest BCUT2D eigenvalue weighted by molar-refractivity contribution is -0.119. The number of nitrogens with two attached hydrogens (primary N) is 1. The van der Waals surface area contributed by atoms with Crippen LogP contribution in [-0.4, -0.2) is 72.9 Å². The summed E-state index contributed by atoms with van der Waals surface area (Å²) >= 11 is 0. The molecule has 12 heteroatoms. The number of nitrogens with zero attached hydrogens (tertiary/aromatic N) is 5. The van der Waals surface area contributed by atoms with E-state index in [9.17, 15) is 14.0 Å². The van der Waals surface area contributed by atoms with Crippen molar-refractivity contribution < 1.29 is 14.0 Å². The van der Waals surface area contributed by atoms with E-state index in [1.165, 1.54) is 12.1 Å². The third-order valence-electron chi connectivity index (χ3n) is 6.51. The first-order valence-corrected chi connectivity index (χ1v) is 12.4. The van der Waals surface area contributed by atoms with E-state index < -0.39 is 11.7 Å². The number of carbonyl (C=O) groups excluding carboxylic acids is 2. The molecule has 0 spiro atoms. The van der Waals surface area contributed by atoms with Crippen LogP contribution in [0, 0.1) is 5.82 Å². The molecule has 202 valence electrons. The predicted molar refractivity (Wildman–Crippen MR) is 150 cm³/mol. The molecule has 0 fully saturated rings. The van der Waals surface area contributed by atoms with Gasteiger partial charge in [-0.15, -0.1) is 0 Å². The van der Waals surface area contributed by atoms with Gasteiger partial charge in [0.2, 0.25) is 11.9 Å². The number of benzene rings is 2. The van der Waals surface area contributed by atoms with Gasteiger partial charge in [-0.25, -0.2) is 9.37 Å². The van der Waals surface area contributed by atoms with Crippen LogP contribution >= 0.6 is 0 Å². The van der Waals surface area contributed by atoms with Gasteiger partial charge in [-0.05, 0) is 56.4 Å². The van der Waals surface area contributed by atoms with Crippen molar-refractivity contribution in [3.05, 3.63) is 59.5 Å². The first-order valence-electron chi connectivity index (χ1n) is 12.4. The lowest BCUT2D eigenvalue weighted by Crippen LogP contribution is -2.36. The molecule has 0 saturated carbocycles. The highest BCUT2D eigenvalue weighted by atomic mass is 19.1. The van der Waals surface area contributed by atoms with Gasteiger partial charge in [0, 0.05) is 32.5 Å². The van der Waals surface area contributed by atoms with Gasteiger partial charge in [0.25, 0.3) is 5.91 Å². The molecule has 3 heterocycles. The fourth-order valence-corrected chi connectivity index (χ4v) is 4.74. The zero-order chi connectivity index (χ0) is 27.8. The zero-order valence-electron chi connectivity index (χ0n) is 22.2. The number of hydrogen-bond donors (Lipinski definition) is 4. The summed E-state index contributed by atoms with van der Waals surface area (Å²) in [5.41, 5.74) is 9.60. The Morgan fingerprint density at radius 2 is 1.92 bits per heavy atom. The molecule has 11 nitrogen and oxygen atoms in total. The minimum Gasteiger partial charge on any atom is -0.376 e. The van der Waals surface area contributed by atoms with Gasteiger partial charge in [0.15, 0.2) is 0 Å². The van der Waals surface area contributed by atoms with Crippen LogP contribution in [0.1, 0.15) is 15.9 Å². The molecule has 2 aromatic carbocycles. The van der Waals surface area contributed by atoms with Gasteiger partial charge in [-0.3, -0.25) is 9.59 Å². The second kappa shape index (κ2) is 10.2. The Hall–Kier alpha value is -4.71. The molecule has 0 saturated heterocycles. The first kappa shape index (κ1) is 25.9. The molecule has 3 aliphatic heterocycles. The minimum atomic E-state index is -0.893. The lowest BCUT2D eigenvalue weighted by atomic mass is 10.1. The van der Waals surface area contributed by atoms with Crippen molar-refractivity contribution in [1.29, 1.82) is 0 Å². The van der Waals surface area contributed by atoms with Crippen LogP contribution in [0.3, 0.4) is 0 Å². The van der Waals surface area contributed by atoms with E-state index in [4.69, 9.17) is 5.73 Å². The van der Waals surface area contributed by atoms with E-state index in [1.807, 2.05) is 44.1 Å². The molecule has 39 heavy (non-hydrogen) atoms. The van der Waals surface area contributed by atoms with E-state index >= 15 is 0 Å². The van der Waals surface area contributed by atoms with Gasteiger partial charge in [-0.2, -0.15) is 4.98 Å². The van der Waals surface area contributed by atoms with E-state index in [2.05, 4.69) is 31.7 Å². The van der Waals surface area contributed by atoms with Crippen molar-refractivity contribution in [2.75, 3.05) is 61.7 Å². The van der Waals surface area contributed by atoms with Crippen LogP contribution in [0.25, 0.3) is 11.4 Å². The number of nitrogens with one attached hydrogen (secondary N) is 3. The number of aromatic nitrogens is 3. The molecule has 0 aromatic heterocycles. The van der Waals surface area contributed by atoms with Crippen LogP contribution in [0.2, 0.25) is 0 Å². The number of anilines is 6. The van der Waals surface area contributed by atoms with Gasteiger partial charge in [-0.1, -0.05) is 6.07 Å². The monoisotopic (exact) mass is 531 g/mol. The van der Waals surface area contributed by atoms with Crippen LogP contribution < -0.4 is 26.2 Å². The highest BCUT2D eigenvalue weighted by molar-refractivity contribution is 6.00. The smallest absolute Gasteiger partial charge is 0.253 e. The third-order valence-corrected chi connectivity index (χ3v) is 6.51. The number of fused-ring (bicyclic) bond motifs is 2. The second-order valence-electron chi connectivity index (χ2n) is 9.84. The van der Waals surface area contributed by atoms with E-state index in [0.29, 0.717) is 36.2 Å². The summed E-state index contributed by atoms with van der Waals surface area (Å²) in [6, 6.07) is 9.99. The Labute approximate surface area is 225 Å². The van der Waals surface area contributed by atoms with Gasteiger partial charge in [0.05, 0.1) is 34.7 Å². The largest absolute Gasteiger partial charge is 0.376 e. The Morgan fingerprint density at radius 1 is 1.13 bits per heavy atom. The molecule has 0 bridgehead atoms. The number of likely N-dealkylation sites (N-methyl/N-ethyl adjacent to an activating group) is 1. The molecule has 2 amide bonds. The standard InChI is InChI=1S/C27H30FN9O2/c1-35(2)14-22(38)37-11-9-15-12-21(36(3)4)19(13-20(15)37)32-27-33-25-16(8-10-30-25)26(34-27)31-18-7-5-6-17(28)23(18)24(29)39/h5-8,10,12-13H,9,11,14H2,1-4H3,(H2,29,39)(H3,30,31,32,33,34). The summed E-state index contributed by atoms with van der Waals surface area (Å²) in [7, 11) is 7.62. The second-order valence-corrected chi connectivity index (χ2v) is 9.84. The van der Waals surface area contributed by atoms with Crippen molar-refractivity contribution in [1.82, 2.24) is 19.9 Å². The van der Waals surface area contributed by atoms with E-state index in [-0.39, 0.29) is 17.2 Å². The van der Waals surface area contributed by atoms with Crippen molar-refractivity contribution in [2.24, 2.45) is 5.73 Å². The fraction of sp³-hybridized carbons (Fsp3) is 0.259. The number of rotatable bonds is 8. The van der Waals surface area contributed by atoms with Crippen molar-refractivity contribution in [3.8, 4) is 11.4 Å². The molecular formula is C27H30FN9O2. The number of aromatic amines is 1. The normalized spacial score (nSPS) is 12.6. The number of primary amides is 1. The maximum atomic E-state index is 14.4. The quantitative estimate of drug-likeness (QED) is 0.272. The Balaban J connectivity index is 1.54. The number of H-pyrrole nitrogens is 1. The van der Waals surface area contributed by atoms with Gasteiger partial charge in [0.1, 0.15) is 17.5 Å². The molecule has 0 radical (unpaired) electrons. The number of amides is 2. The number of hydrogen-bond acceptors (Lipinski definition) is 8. The number of carbonyl (C=O) groups is 2. The van der Waals surface area contributed by atoms with Crippen molar-refractivity contribution in [3.63, 3.8) is 0 Å². The van der Waals surface area contributed by atoms with Crippen molar-refractivity contribution >= 4 is 46.3 Å². The summed E-state index contributed by atoms with van der Waals surface area (Å²) < 4.78 is 14.4. The molecular weight excluding hydrogens is 501 g/mol. The summed E-state index contributed by atoms with van der Waals surface area (Å²) in [6.45, 7) is 0.935. The van der Waals surface area contributed by atoms with Crippen LogP contribution in [0.15, 0.2) is 42.6 Å². The molecule has 0 aliphatic carbocycles. The Morgan fingerprint density at radius 3 is 2.64 bits per heavy atom. The van der Waals surface area contributed by atoms with Gasteiger partial charge < -0.3 is 36.1 Å². The maximum Gasteiger partial charge on any atom is 0.253 e. The summed E-state index contributed by atoms with van der Waals surface area (Å²) in [6.07, 6.45) is 2.39. The van der Waals surface area contributed by atoms with Crippen LogP contribution in [-0.2, 0) is 11.2 Å². The lowest BCUT2D eigenvalue weighted by Gasteiger charge is -2.24. The number of halogens is 1. The Kier molecular flexibility index (Phi) is 6.79. The van der Waals surface area contributed by atoms with Crippen LogP contribution in [0.5, 0.6) is 0 Å². The molecule has 5 rings (SSSR count). The molecule has 5 N–H and O–H groups in total. The zero-order valence-corrected chi connectivity index (χ0v) is 22.2.